The molecule has 0 rings (SSSR count). The Hall–Kier alpha value is 0.600. The van der Waals surface area contributed by atoms with Crippen molar-refractivity contribution in [1.29, 1.82) is 0 Å². The van der Waals surface area contributed by atoms with E-state index in [1.54, 1.807) is 18.9 Å². The summed E-state index contributed by atoms with van der Waals surface area (Å²) in [4.78, 5) is 0. The number of methoxy groups -OCH3 is 1. The van der Waals surface area contributed by atoms with Gasteiger partial charge in [-0.25, -0.2) is 0 Å². The van der Waals surface area contributed by atoms with E-state index in [2.05, 4.69) is 0 Å². The van der Waals surface area contributed by atoms with Crippen LogP contribution in [-0.4, -0.2) is 24.7 Å². The molecule has 1 nitrogen and oxygen atoms in total. The first kappa shape index (κ1) is 8.60. The lowest BCUT2D eigenvalue weighted by atomic mass is 10.6. The van der Waals surface area contributed by atoms with Crippen LogP contribution in [0.5, 0.6) is 0 Å². The lowest BCUT2D eigenvalue weighted by molar-refractivity contribution is 0.259. The zero-order chi connectivity index (χ0) is 6.24. The van der Waals surface area contributed by atoms with Crippen molar-refractivity contribution in [2.45, 2.75) is 6.42 Å². The highest BCUT2D eigenvalue weighted by molar-refractivity contribution is 7.99. The fourth-order valence-corrected chi connectivity index (χ4v) is 1.22. The minimum atomic E-state index is 0.761. The minimum Gasteiger partial charge on any atom is -0.374 e. The van der Waals surface area contributed by atoms with E-state index in [1.165, 1.54) is 0 Å². The Morgan fingerprint density at radius 2 is 2.38 bits per heavy atom. The summed E-state index contributed by atoms with van der Waals surface area (Å²) in [5, 5.41) is 0. The first-order chi connectivity index (χ1) is 3.91. The fraction of sp³-hybridized carbons (Fsp3) is 1.00. The number of hydrogen-bond donors (Lipinski definition) is 0. The van der Waals surface area contributed by atoms with Gasteiger partial charge in [0.25, 0.3) is 0 Å². The van der Waals surface area contributed by atoms with Crippen LogP contribution >= 0.6 is 23.4 Å². The van der Waals surface area contributed by atoms with Crippen molar-refractivity contribution in [3.8, 4) is 0 Å². The third kappa shape index (κ3) is 6.60. The molecule has 50 valence electrons. The van der Waals surface area contributed by atoms with Crippen molar-refractivity contribution in [3.05, 3.63) is 0 Å². The molecule has 0 aliphatic rings. The molecule has 0 bridgehead atoms. The molecule has 0 saturated carbocycles. The monoisotopic (exact) mass is 154 g/mol. The Bertz CT molecular complexity index is 37.4. The number of alkyl halides is 1. The maximum atomic E-state index is 5.43. The second kappa shape index (κ2) is 7.60. The van der Waals surface area contributed by atoms with Gasteiger partial charge in [-0.1, -0.05) is 0 Å². The Morgan fingerprint density at radius 1 is 1.62 bits per heavy atom. The third-order valence-corrected chi connectivity index (χ3v) is 1.87. The van der Waals surface area contributed by atoms with Crippen molar-refractivity contribution in [2.24, 2.45) is 0 Å². The standard InChI is InChI=1S/C5H11ClOS/c1-7-5-8-4-2-3-6/h2-5H2,1H3. The van der Waals surface area contributed by atoms with Crippen molar-refractivity contribution in [1.82, 2.24) is 0 Å². The largest absolute Gasteiger partial charge is 0.374 e. The van der Waals surface area contributed by atoms with Crippen LogP contribution in [0.15, 0.2) is 0 Å². The number of halogens is 1. The molecule has 0 aliphatic heterocycles. The first-order valence-corrected chi connectivity index (χ1v) is 4.23. The molecule has 0 atom stereocenters. The molecule has 0 amide bonds. The molecule has 0 fully saturated rings. The SMILES string of the molecule is COCSCCCCl. The minimum absolute atomic E-state index is 0.761. The van der Waals surface area contributed by atoms with Gasteiger partial charge >= 0.3 is 0 Å². The highest BCUT2D eigenvalue weighted by Gasteiger charge is 1.84. The normalized spacial score (nSPS) is 9.75. The number of thioether (sulfide) groups is 1. The lowest BCUT2D eigenvalue weighted by Gasteiger charge is -1.94. The van der Waals surface area contributed by atoms with Gasteiger partial charge in [-0.3, -0.25) is 0 Å². The fourth-order valence-electron chi connectivity index (χ4n) is 0.299. The van der Waals surface area contributed by atoms with Crippen molar-refractivity contribution in [3.63, 3.8) is 0 Å². The summed E-state index contributed by atoms with van der Waals surface area (Å²) in [5.74, 6) is 2.66. The van der Waals surface area contributed by atoms with Crippen LogP contribution in [0.3, 0.4) is 0 Å². The van der Waals surface area contributed by atoms with Crippen molar-refractivity contribution >= 4 is 23.4 Å². The molecular weight excluding hydrogens is 144 g/mol. The van der Waals surface area contributed by atoms with Crippen molar-refractivity contribution in [2.75, 3.05) is 24.7 Å². The maximum absolute atomic E-state index is 5.43. The van der Waals surface area contributed by atoms with E-state index < -0.39 is 0 Å². The maximum Gasteiger partial charge on any atom is 0.0917 e. The summed E-state index contributed by atoms with van der Waals surface area (Å²) >= 11 is 7.20. The highest BCUT2D eigenvalue weighted by atomic mass is 35.5. The van der Waals surface area contributed by atoms with E-state index in [4.69, 9.17) is 16.3 Å². The van der Waals surface area contributed by atoms with Gasteiger partial charge in [0.1, 0.15) is 0 Å². The molecule has 0 radical (unpaired) electrons. The van der Waals surface area contributed by atoms with E-state index in [0.29, 0.717) is 0 Å². The molecular formula is C5H11ClOS. The van der Waals surface area contributed by atoms with Gasteiger partial charge < -0.3 is 4.74 Å². The zero-order valence-corrected chi connectivity index (χ0v) is 6.60. The van der Waals surface area contributed by atoms with Crippen LogP contribution in [0.25, 0.3) is 0 Å². The van der Waals surface area contributed by atoms with Gasteiger partial charge in [0.2, 0.25) is 0 Å². The molecule has 3 heteroatoms. The van der Waals surface area contributed by atoms with Gasteiger partial charge in [0.05, 0.1) is 5.94 Å². The van der Waals surface area contributed by atoms with E-state index in [1.807, 2.05) is 0 Å². The first-order valence-electron chi connectivity index (χ1n) is 2.54. The number of hydrogen-bond acceptors (Lipinski definition) is 2. The molecule has 0 aliphatic carbocycles. The van der Waals surface area contributed by atoms with Crippen LogP contribution in [0, 0.1) is 0 Å². The number of ether oxygens (including phenoxy) is 1. The van der Waals surface area contributed by atoms with Crippen LogP contribution < -0.4 is 0 Å². The average molecular weight is 155 g/mol. The van der Waals surface area contributed by atoms with E-state index in [9.17, 15) is 0 Å². The Labute approximate surface area is 59.7 Å². The van der Waals surface area contributed by atoms with Crippen LogP contribution in [-0.2, 0) is 4.74 Å². The lowest BCUT2D eigenvalue weighted by Crippen LogP contribution is -1.85. The zero-order valence-electron chi connectivity index (χ0n) is 5.02. The van der Waals surface area contributed by atoms with Gasteiger partial charge in [0.15, 0.2) is 0 Å². The summed E-state index contributed by atoms with van der Waals surface area (Å²) in [5.41, 5.74) is 0. The molecule has 0 N–H and O–H groups in total. The summed E-state index contributed by atoms with van der Waals surface area (Å²) in [6, 6.07) is 0. The van der Waals surface area contributed by atoms with Gasteiger partial charge in [-0.2, -0.15) is 0 Å². The van der Waals surface area contributed by atoms with Crippen LogP contribution in [0.4, 0.5) is 0 Å². The predicted octanol–water partition coefficient (Wildman–Crippen LogP) is 1.95. The second-order valence-electron chi connectivity index (χ2n) is 1.36. The quantitative estimate of drug-likeness (QED) is 0.340. The molecule has 0 spiro atoms. The Balaban J connectivity index is 2.53. The predicted molar refractivity (Wildman–Crippen MR) is 39.7 cm³/mol. The van der Waals surface area contributed by atoms with Gasteiger partial charge in [0, 0.05) is 13.0 Å². The molecule has 0 aromatic carbocycles. The third-order valence-electron chi connectivity index (χ3n) is 0.623. The average Bonchev–Trinajstić information content (AvgIpc) is 1.81. The van der Waals surface area contributed by atoms with E-state index >= 15 is 0 Å². The smallest absolute Gasteiger partial charge is 0.0917 e. The Morgan fingerprint density at radius 3 is 2.88 bits per heavy atom. The highest BCUT2D eigenvalue weighted by Crippen LogP contribution is 2.01. The van der Waals surface area contributed by atoms with Crippen LogP contribution in [0.2, 0.25) is 0 Å². The van der Waals surface area contributed by atoms with Crippen molar-refractivity contribution < 1.29 is 4.74 Å². The molecule has 8 heavy (non-hydrogen) atoms. The molecule has 0 aromatic rings. The summed E-state index contributed by atoms with van der Waals surface area (Å²) in [6.07, 6.45) is 1.08. The molecule has 0 aromatic heterocycles. The topological polar surface area (TPSA) is 9.23 Å². The number of rotatable bonds is 5. The molecule has 0 saturated heterocycles. The Kier molecular flexibility index (Phi) is 8.17. The van der Waals surface area contributed by atoms with Crippen LogP contribution in [0.1, 0.15) is 6.42 Å². The second-order valence-corrected chi connectivity index (χ2v) is 2.79. The van der Waals surface area contributed by atoms with Gasteiger partial charge in [-0.15, -0.1) is 23.4 Å². The summed E-state index contributed by atoms with van der Waals surface area (Å²) in [6.45, 7) is 0. The summed E-state index contributed by atoms with van der Waals surface area (Å²) < 4.78 is 4.81. The summed E-state index contributed by atoms with van der Waals surface area (Å²) in [7, 11) is 1.70. The van der Waals surface area contributed by atoms with E-state index in [-0.39, 0.29) is 0 Å². The molecule has 0 unspecified atom stereocenters. The van der Waals surface area contributed by atoms with Gasteiger partial charge in [-0.05, 0) is 12.2 Å². The van der Waals surface area contributed by atoms with E-state index in [0.717, 1.165) is 24.0 Å². The molecule has 0 heterocycles.